The van der Waals surface area contributed by atoms with E-state index in [1.807, 2.05) is 26.8 Å². The zero-order valence-corrected chi connectivity index (χ0v) is 14.1. The molecule has 0 radical (unpaired) electrons. The third-order valence-electron chi connectivity index (χ3n) is 5.04. The summed E-state index contributed by atoms with van der Waals surface area (Å²) in [5.74, 6) is 0.217. The molecule has 1 aliphatic heterocycles. The average molecular weight is 334 g/mol. The lowest BCUT2D eigenvalue weighted by Crippen LogP contribution is -2.39. The summed E-state index contributed by atoms with van der Waals surface area (Å²) in [7, 11) is 0. The summed E-state index contributed by atoms with van der Waals surface area (Å²) in [6.07, 6.45) is -0.347. The first kappa shape index (κ1) is 16.7. The van der Waals surface area contributed by atoms with Crippen LogP contribution in [0.5, 0.6) is 0 Å². The molecule has 1 saturated heterocycles. The number of hydrogen-bond acceptors (Lipinski definition) is 5. The van der Waals surface area contributed by atoms with Crippen LogP contribution in [0.4, 0.5) is 10.5 Å². The quantitative estimate of drug-likeness (QED) is 0.676. The van der Waals surface area contributed by atoms with Gasteiger partial charge in [0.15, 0.2) is 0 Å². The van der Waals surface area contributed by atoms with E-state index >= 15 is 0 Å². The first-order chi connectivity index (χ1) is 11.2. The molecule has 7 nitrogen and oxygen atoms in total. The zero-order chi connectivity index (χ0) is 17.7. The molecule has 1 aromatic carbocycles. The van der Waals surface area contributed by atoms with Crippen molar-refractivity contribution in [2.45, 2.75) is 31.8 Å². The Hall–Kier alpha value is -2.15. The second kappa shape index (κ2) is 5.44. The van der Waals surface area contributed by atoms with E-state index in [9.17, 15) is 20.0 Å². The number of carbonyl (C=O) groups is 1. The third kappa shape index (κ3) is 2.62. The number of nitrogens with zero attached hydrogens (tertiary/aromatic N) is 2. The smallest absolute Gasteiger partial charge is 0.410 e. The molecule has 2 aliphatic rings. The van der Waals surface area contributed by atoms with E-state index in [-0.39, 0.29) is 30.2 Å². The standard InChI is InChI=1S/C17H22N2O5/c1-16(2,3)24-15(21)18-8-13-14(9-18)17(13,10-20)11-5-4-6-12(7-11)19(22)23/h4-7,13-14,20H,8-10H2,1-3H3/t13-,14+,17?. The molecule has 0 bridgehead atoms. The van der Waals surface area contributed by atoms with Crippen LogP contribution in [-0.4, -0.2) is 46.3 Å². The number of likely N-dealkylation sites (tertiary alicyclic amines) is 1. The molecule has 130 valence electrons. The van der Waals surface area contributed by atoms with Gasteiger partial charge in [-0.25, -0.2) is 4.79 Å². The van der Waals surface area contributed by atoms with Crippen LogP contribution in [0.3, 0.4) is 0 Å². The Labute approximate surface area is 140 Å². The van der Waals surface area contributed by atoms with E-state index in [1.165, 1.54) is 12.1 Å². The van der Waals surface area contributed by atoms with Crippen molar-refractivity contribution in [2.24, 2.45) is 11.8 Å². The molecule has 2 fully saturated rings. The number of nitro groups is 1. The SMILES string of the molecule is CC(C)(C)OC(=O)N1C[C@@H]2[C@H](C1)C2(CO)c1cccc([N+](=O)[O-])c1. The molecule has 3 rings (SSSR count). The Kier molecular flexibility index (Phi) is 3.79. The van der Waals surface area contributed by atoms with Crippen LogP contribution in [0.25, 0.3) is 0 Å². The number of amides is 1. The number of ether oxygens (including phenoxy) is 1. The van der Waals surface area contributed by atoms with Gasteiger partial charge in [-0.2, -0.15) is 0 Å². The van der Waals surface area contributed by atoms with Crippen LogP contribution in [0.2, 0.25) is 0 Å². The van der Waals surface area contributed by atoms with Gasteiger partial charge in [0.1, 0.15) is 5.60 Å². The van der Waals surface area contributed by atoms with Gasteiger partial charge < -0.3 is 14.7 Å². The predicted molar refractivity (Wildman–Crippen MR) is 86.6 cm³/mol. The van der Waals surface area contributed by atoms with E-state index in [4.69, 9.17) is 4.74 Å². The fourth-order valence-corrected chi connectivity index (χ4v) is 3.87. The molecule has 3 atom stereocenters. The second-order valence-electron chi connectivity index (χ2n) is 7.60. The highest BCUT2D eigenvalue weighted by Crippen LogP contribution is 2.63. The minimum absolute atomic E-state index is 0.0225. The van der Waals surface area contributed by atoms with Gasteiger partial charge in [0.05, 0.1) is 11.5 Å². The Morgan fingerprint density at radius 2 is 2.04 bits per heavy atom. The number of non-ortho nitro benzene ring substituents is 1. The minimum atomic E-state index is -0.544. The van der Waals surface area contributed by atoms with Crippen LogP contribution >= 0.6 is 0 Å². The molecule has 1 aliphatic carbocycles. The summed E-state index contributed by atoms with van der Waals surface area (Å²) < 4.78 is 5.38. The summed E-state index contributed by atoms with van der Waals surface area (Å²) in [5.41, 5.74) is -0.227. The molecule has 0 aromatic heterocycles. The van der Waals surface area contributed by atoms with Crippen molar-refractivity contribution >= 4 is 11.8 Å². The molecule has 0 spiro atoms. The summed E-state index contributed by atoms with van der Waals surface area (Å²) in [6.45, 7) is 6.39. The first-order valence-electron chi connectivity index (χ1n) is 8.03. The van der Waals surface area contributed by atoms with E-state index in [1.54, 1.807) is 11.0 Å². The van der Waals surface area contributed by atoms with Crippen molar-refractivity contribution in [3.8, 4) is 0 Å². The molecule has 7 heteroatoms. The fourth-order valence-electron chi connectivity index (χ4n) is 3.87. The van der Waals surface area contributed by atoms with Crippen molar-refractivity contribution in [1.29, 1.82) is 0 Å². The highest BCUT2D eigenvalue weighted by molar-refractivity contribution is 5.69. The molecule has 1 amide bonds. The minimum Gasteiger partial charge on any atom is -0.444 e. The average Bonchev–Trinajstić information content (AvgIpc) is 2.87. The maximum absolute atomic E-state index is 12.2. The number of fused-ring (bicyclic) bond motifs is 1. The van der Waals surface area contributed by atoms with Gasteiger partial charge in [-0.3, -0.25) is 10.1 Å². The number of nitro benzene ring substituents is 1. The van der Waals surface area contributed by atoms with Gasteiger partial charge in [-0.15, -0.1) is 0 Å². The van der Waals surface area contributed by atoms with Crippen LogP contribution in [0, 0.1) is 22.0 Å². The van der Waals surface area contributed by atoms with Gasteiger partial charge in [-0.05, 0) is 38.2 Å². The van der Waals surface area contributed by atoms with Gasteiger partial charge >= 0.3 is 6.09 Å². The largest absolute Gasteiger partial charge is 0.444 e. The van der Waals surface area contributed by atoms with Gasteiger partial charge in [0.2, 0.25) is 0 Å². The van der Waals surface area contributed by atoms with Crippen molar-refractivity contribution < 1.29 is 19.6 Å². The van der Waals surface area contributed by atoms with Crippen LogP contribution in [0.1, 0.15) is 26.3 Å². The molecular formula is C17H22N2O5. The summed E-state index contributed by atoms with van der Waals surface area (Å²) in [4.78, 5) is 24.4. The lowest BCUT2D eigenvalue weighted by atomic mass is 9.90. The van der Waals surface area contributed by atoms with Crippen molar-refractivity contribution in [3.63, 3.8) is 0 Å². The van der Waals surface area contributed by atoms with Crippen molar-refractivity contribution in [1.82, 2.24) is 4.90 Å². The number of piperidine rings is 1. The Bertz CT molecular complexity index is 670. The zero-order valence-electron chi connectivity index (χ0n) is 14.1. The van der Waals surface area contributed by atoms with Gasteiger partial charge in [-0.1, -0.05) is 12.1 Å². The highest BCUT2D eigenvalue weighted by atomic mass is 16.6. The van der Waals surface area contributed by atoms with E-state index < -0.39 is 15.9 Å². The lowest BCUT2D eigenvalue weighted by molar-refractivity contribution is -0.385. The molecule has 1 heterocycles. The number of aliphatic hydroxyl groups is 1. The van der Waals surface area contributed by atoms with Crippen LogP contribution < -0.4 is 0 Å². The molecule has 1 unspecified atom stereocenters. The Morgan fingerprint density at radius 1 is 1.42 bits per heavy atom. The summed E-state index contributed by atoms with van der Waals surface area (Å²) in [5, 5.41) is 20.9. The molecule has 1 N–H and O–H groups in total. The maximum Gasteiger partial charge on any atom is 0.410 e. The van der Waals surface area contributed by atoms with Gasteiger partial charge in [0, 0.05) is 30.6 Å². The number of rotatable bonds is 3. The molecule has 24 heavy (non-hydrogen) atoms. The third-order valence-corrected chi connectivity index (χ3v) is 5.04. The Morgan fingerprint density at radius 3 is 2.54 bits per heavy atom. The summed E-state index contributed by atoms with van der Waals surface area (Å²) in [6, 6.07) is 6.44. The number of carbonyl (C=O) groups excluding carboxylic acids is 1. The monoisotopic (exact) mass is 334 g/mol. The number of benzene rings is 1. The maximum atomic E-state index is 12.2. The second-order valence-corrected chi connectivity index (χ2v) is 7.60. The first-order valence-corrected chi connectivity index (χ1v) is 8.03. The lowest BCUT2D eigenvalue weighted by Gasteiger charge is -2.28. The van der Waals surface area contributed by atoms with E-state index in [0.29, 0.717) is 13.1 Å². The number of hydrogen-bond donors (Lipinski definition) is 1. The van der Waals surface area contributed by atoms with Crippen molar-refractivity contribution in [3.05, 3.63) is 39.9 Å². The van der Waals surface area contributed by atoms with Crippen LogP contribution in [0.15, 0.2) is 24.3 Å². The Balaban J connectivity index is 1.75. The normalized spacial score (nSPS) is 28.4. The predicted octanol–water partition coefficient (Wildman–Crippen LogP) is 2.32. The topological polar surface area (TPSA) is 92.9 Å². The number of aliphatic hydroxyl groups excluding tert-OH is 1. The van der Waals surface area contributed by atoms with Crippen LogP contribution in [-0.2, 0) is 10.2 Å². The summed E-state index contributed by atoms with van der Waals surface area (Å²) >= 11 is 0. The fraction of sp³-hybridized carbons (Fsp3) is 0.588. The van der Waals surface area contributed by atoms with E-state index in [0.717, 1.165) is 5.56 Å². The molecule has 1 aromatic rings. The molecule has 1 saturated carbocycles. The van der Waals surface area contributed by atoms with Gasteiger partial charge in [0.25, 0.3) is 5.69 Å². The highest BCUT2D eigenvalue weighted by Gasteiger charge is 2.69. The molecular weight excluding hydrogens is 312 g/mol. The van der Waals surface area contributed by atoms with Crippen molar-refractivity contribution in [2.75, 3.05) is 19.7 Å². The van der Waals surface area contributed by atoms with E-state index in [2.05, 4.69) is 0 Å².